The fraction of sp³-hybridized carbons (Fsp3) is 0.636. The van der Waals surface area contributed by atoms with Crippen molar-refractivity contribution in [3.63, 3.8) is 0 Å². The highest BCUT2D eigenvalue weighted by molar-refractivity contribution is 8.00. The quantitative estimate of drug-likeness (QED) is 0.744. The average molecular weight is 226 g/mol. The fourth-order valence-electron chi connectivity index (χ4n) is 1.22. The maximum absolute atomic E-state index is 11.5. The molecule has 0 N–H and O–H groups in total. The van der Waals surface area contributed by atoms with Crippen molar-refractivity contribution in [2.75, 3.05) is 5.75 Å². The van der Waals surface area contributed by atoms with Crippen molar-refractivity contribution in [3.8, 4) is 0 Å². The Bertz CT molecular complexity index is 320. The molecule has 0 fully saturated rings. The van der Waals surface area contributed by atoms with Crippen LogP contribution in [0.4, 0.5) is 0 Å². The first-order valence-electron chi connectivity index (χ1n) is 5.19. The van der Waals surface area contributed by atoms with E-state index in [0.29, 0.717) is 23.2 Å². The van der Waals surface area contributed by atoms with Crippen molar-refractivity contribution in [2.45, 2.75) is 31.9 Å². The van der Waals surface area contributed by atoms with Crippen LogP contribution in [0.25, 0.3) is 0 Å². The number of aromatic nitrogens is 2. The summed E-state index contributed by atoms with van der Waals surface area (Å²) in [6.45, 7) is 4.22. The summed E-state index contributed by atoms with van der Waals surface area (Å²) in [4.78, 5) is 15.7. The summed E-state index contributed by atoms with van der Waals surface area (Å²) in [5.41, 5.74) is 0. The SMILES string of the molecule is CC(C)SCC(=O)CCc1nccn1C. The Morgan fingerprint density at radius 2 is 2.33 bits per heavy atom. The summed E-state index contributed by atoms with van der Waals surface area (Å²) in [6.07, 6.45) is 5.02. The maximum Gasteiger partial charge on any atom is 0.143 e. The molecule has 0 aliphatic heterocycles. The van der Waals surface area contributed by atoms with Crippen LogP contribution >= 0.6 is 11.8 Å². The van der Waals surface area contributed by atoms with Crippen LogP contribution in [0.3, 0.4) is 0 Å². The molecule has 0 unspecified atom stereocenters. The molecule has 0 aliphatic rings. The molecule has 3 nitrogen and oxygen atoms in total. The van der Waals surface area contributed by atoms with Crippen LogP contribution in [0, 0.1) is 0 Å². The standard InChI is InChI=1S/C11H18N2OS/c1-9(2)15-8-10(14)4-5-11-12-6-7-13(11)3/h6-7,9H,4-5,8H2,1-3H3. The lowest BCUT2D eigenvalue weighted by Crippen LogP contribution is -2.07. The second-order valence-corrected chi connectivity index (χ2v) is 5.42. The van der Waals surface area contributed by atoms with Crippen molar-refractivity contribution < 1.29 is 4.79 Å². The molecule has 0 spiro atoms. The predicted molar refractivity (Wildman–Crippen MR) is 64.1 cm³/mol. The van der Waals surface area contributed by atoms with Crippen molar-refractivity contribution in [1.29, 1.82) is 0 Å². The Morgan fingerprint density at radius 3 is 2.87 bits per heavy atom. The third-order valence-corrected chi connectivity index (χ3v) is 3.28. The number of carbonyl (C=O) groups is 1. The van der Waals surface area contributed by atoms with E-state index < -0.39 is 0 Å². The van der Waals surface area contributed by atoms with E-state index in [1.54, 1.807) is 18.0 Å². The Hall–Kier alpha value is -0.770. The highest BCUT2D eigenvalue weighted by atomic mass is 32.2. The zero-order valence-electron chi connectivity index (χ0n) is 9.56. The van der Waals surface area contributed by atoms with Gasteiger partial charge in [0, 0.05) is 32.3 Å². The number of thioether (sulfide) groups is 1. The van der Waals surface area contributed by atoms with E-state index in [4.69, 9.17) is 0 Å². The second kappa shape index (κ2) is 5.95. The number of rotatable bonds is 6. The third kappa shape index (κ3) is 4.51. The molecule has 15 heavy (non-hydrogen) atoms. The number of ketones is 1. The molecule has 0 amide bonds. The van der Waals surface area contributed by atoms with Crippen LogP contribution in [0.2, 0.25) is 0 Å². The molecule has 1 aromatic heterocycles. The lowest BCUT2D eigenvalue weighted by Gasteiger charge is -2.04. The normalized spacial score (nSPS) is 10.9. The number of aryl methyl sites for hydroxylation is 2. The minimum absolute atomic E-state index is 0.316. The summed E-state index contributed by atoms with van der Waals surface area (Å²) in [7, 11) is 1.95. The first-order chi connectivity index (χ1) is 7.09. The zero-order chi connectivity index (χ0) is 11.3. The Morgan fingerprint density at radius 1 is 1.60 bits per heavy atom. The summed E-state index contributed by atoms with van der Waals surface area (Å²) in [5.74, 6) is 1.93. The Labute approximate surface area is 95.3 Å². The van der Waals surface area contributed by atoms with Crippen LogP contribution < -0.4 is 0 Å². The highest BCUT2D eigenvalue weighted by Gasteiger charge is 2.06. The van der Waals surface area contributed by atoms with Gasteiger partial charge in [-0.2, -0.15) is 11.8 Å². The molecule has 0 saturated heterocycles. The fourth-order valence-corrected chi connectivity index (χ4v) is 1.88. The van der Waals surface area contributed by atoms with Gasteiger partial charge in [-0.15, -0.1) is 0 Å². The molecule has 1 heterocycles. The Balaban J connectivity index is 2.26. The van der Waals surface area contributed by atoms with E-state index in [0.717, 1.165) is 12.2 Å². The van der Waals surface area contributed by atoms with Crippen LogP contribution in [0.5, 0.6) is 0 Å². The maximum atomic E-state index is 11.5. The van der Waals surface area contributed by atoms with Crippen molar-refractivity contribution in [2.24, 2.45) is 7.05 Å². The number of imidazole rings is 1. The van der Waals surface area contributed by atoms with Gasteiger partial charge in [0.2, 0.25) is 0 Å². The topological polar surface area (TPSA) is 34.9 Å². The summed E-state index contributed by atoms with van der Waals surface area (Å²) in [5, 5.41) is 0.530. The van der Waals surface area contributed by atoms with E-state index in [9.17, 15) is 4.79 Å². The van der Waals surface area contributed by atoms with Gasteiger partial charge in [0.1, 0.15) is 11.6 Å². The molecule has 1 rings (SSSR count). The minimum atomic E-state index is 0.316. The molecule has 0 radical (unpaired) electrons. The molecule has 0 saturated carbocycles. The molecule has 84 valence electrons. The molecule has 0 aliphatic carbocycles. The molecule has 1 aromatic rings. The van der Waals surface area contributed by atoms with Gasteiger partial charge in [-0.05, 0) is 5.25 Å². The minimum Gasteiger partial charge on any atom is -0.338 e. The second-order valence-electron chi connectivity index (χ2n) is 3.85. The van der Waals surface area contributed by atoms with Gasteiger partial charge in [-0.1, -0.05) is 13.8 Å². The lowest BCUT2D eigenvalue weighted by atomic mass is 10.2. The predicted octanol–water partition coefficient (Wildman–Crippen LogP) is 2.06. The molecular formula is C11H18N2OS. The Kier molecular flexibility index (Phi) is 4.88. The monoisotopic (exact) mass is 226 g/mol. The zero-order valence-corrected chi connectivity index (χ0v) is 10.4. The number of hydrogen-bond acceptors (Lipinski definition) is 3. The van der Waals surface area contributed by atoms with Gasteiger partial charge >= 0.3 is 0 Å². The van der Waals surface area contributed by atoms with Crippen LogP contribution in [-0.2, 0) is 18.3 Å². The van der Waals surface area contributed by atoms with E-state index >= 15 is 0 Å². The van der Waals surface area contributed by atoms with E-state index in [-0.39, 0.29) is 0 Å². The van der Waals surface area contributed by atoms with Crippen LogP contribution in [0.1, 0.15) is 26.1 Å². The smallest absolute Gasteiger partial charge is 0.143 e. The van der Waals surface area contributed by atoms with Gasteiger partial charge in [0.05, 0.1) is 5.75 Å². The summed E-state index contributed by atoms with van der Waals surface area (Å²) >= 11 is 1.70. The molecule has 4 heteroatoms. The van der Waals surface area contributed by atoms with Crippen LogP contribution in [0.15, 0.2) is 12.4 Å². The average Bonchev–Trinajstić information content (AvgIpc) is 2.58. The number of nitrogens with zero attached hydrogens (tertiary/aromatic N) is 2. The number of carbonyl (C=O) groups excluding carboxylic acids is 1. The van der Waals surface area contributed by atoms with Crippen molar-refractivity contribution in [1.82, 2.24) is 9.55 Å². The number of hydrogen-bond donors (Lipinski definition) is 0. The van der Waals surface area contributed by atoms with Gasteiger partial charge < -0.3 is 4.57 Å². The summed E-state index contributed by atoms with van der Waals surface area (Å²) < 4.78 is 1.96. The van der Waals surface area contributed by atoms with Gasteiger partial charge in [-0.3, -0.25) is 4.79 Å². The number of Topliss-reactive ketones (excluding diaryl/α,β-unsaturated/α-hetero) is 1. The van der Waals surface area contributed by atoms with Gasteiger partial charge in [0.15, 0.2) is 0 Å². The van der Waals surface area contributed by atoms with Crippen LogP contribution in [-0.4, -0.2) is 26.3 Å². The largest absolute Gasteiger partial charge is 0.338 e. The third-order valence-electron chi connectivity index (χ3n) is 2.13. The van der Waals surface area contributed by atoms with E-state index in [2.05, 4.69) is 18.8 Å². The summed E-state index contributed by atoms with van der Waals surface area (Å²) in [6, 6.07) is 0. The molecule has 0 atom stereocenters. The van der Waals surface area contributed by atoms with Gasteiger partial charge in [0.25, 0.3) is 0 Å². The first-order valence-corrected chi connectivity index (χ1v) is 6.24. The van der Waals surface area contributed by atoms with E-state index in [1.807, 2.05) is 17.8 Å². The van der Waals surface area contributed by atoms with Crippen molar-refractivity contribution in [3.05, 3.63) is 18.2 Å². The van der Waals surface area contributed by atoms with Crippen molar-refractivity contribution >= 4 is 17.5 Å². The molecule has 0 aromatic carbocycles. The van der Waals surface area contributed by atoms with Gasteiger partial charge in [-0.25, -0.2) is 4.98 Å². The lowest BCUT2D eigenvalue weighted by molar-refractivity contribution is -0.116. The molecule has 0 bridgehead atoms. The first kappa shape index (κ1) is 12.3. The molecular weight excluding hydrogens is 208 g/mol. The van der Waals surface area contributed by atoms with E-state index in [1.165, 1.54) is 0 Å². The highest BCUT2D eigenvalue weighted by Crippen LogP contribution is 2.10.